The van der Waals surface area contributed by atoms with Gasteiger partial charge in [0.05, 0.1) is 4.47 Å². The van der Waals surface area contributed by atoms with Crippen LogP contribution in [0.15, 0.2) is 27.2 Å². The number of rotatable bonds is 7. The molecule has 0 saturated carbocycles. The number of piperidine rings is 1. The lowest BCUT2D eigenvalue weighted by molar-refractivity contribution is -0.137. The first-order valence-electron chi connectivity index (χ1n) is 9.42. The van der Waals surface area contributed by atoms with E-state index in [2.05, 4.69) is 46.5 Å². The number of halogens is 2. The zero-order valence-electron chi connectivity index (χ0n) is 16.3. The van der Waals surface area contributed by atoms with Crippen molar-refractivity contribution in [3.8, 4) is 16.6 Å². The maximum absolute atomic E-state index is 13.5. The number of carboxylic acids is 1. The lowest BCUT2D eigenvalue weighted by atomic mass is 10.1. The monoisotopic (exact) mass is 512 g/mol. The fourth-order valence-electron chi connectivity index (χ4n) is 2.96. The number of nitrogens with one attached hydrogen (secondary N) is 1. The zero-order chi connectivity index (χ0) is 22.0. The summed E-state index contributed by atoms with van der Waals surface area (Å²) in [7, 11) is 0. The summed E-state index contributed by atoms with van der Waals surface area (Å²) < 4.78 is 25.2. The first-order valence-corrected chi connectivity index (χ1v) is 11.0. The fourth-order valence-corrected chi connectivity index (χ4v) is 4.12. The number of ether oxygens (including phenoxy) is 1. The van der Waals surface area contributed by atoms with Crippen LogP contribution in [0.4, 0.5) is 15.5 Å². The molecule has 10 nitrogen and oxygen atoms in total. The lowest BCUT2D eigenvalue weighted by Crippen LogP contribution is -2.38. The Bertz CT molecular complexity index is 1070. The number of anilines is 2. The van der Waals surface area contributed by atoms with Gasteiger partial charge in [-0.2, -0.15) is 4.98 Å². The fraction of sp³-hybridized carbons (Fsp3) is 0.389. The molecule has 13 heteroatoms. The van der Waals surface area contributed by atoms with Gasteiger partial charge in [0.1, 0.15) is 23.7 Å². The van der Waals surface area contributed by atoms with Crippen LogP contribution in [0.2, 0.25) is 0 Å². The van der Waals surface area contributed by atoms with Crippen molar-refractivity contribution >= 4 is 44.4 Å². The molecule has 1 aromatic carbocycles. The van der Waals surface area contributed by atoms with Crippen LogP contribution in [0.1, 0.15) is 19.8 Å². The van der Waals surface area contributed by atoms with E-state index in [-0.39, 0.29) is 23.8 Å². The van der Waals surface area contributed by atoms with Crippen molar-refractivity contribution in [3.05, 3.63) is 28.5 Å². The Morgan fingerprint density at radius 2 is 2.19 bits per heavy atom. The summed E-state index contributed by atoms with van der Waals surface area (Å²) >= 11 is 4.70. The summed E-state index contributed by atoms with van der Waals surface area (Å²) in [5.41, 5.74) is 0. The average molecular weight is 513 g/mol. The normalized spacial score (nSPS) is 15.6. The predicted molar refractivity (Wildman–Crippen MR) is 114 cm³/mol. The van der Waals surface area contributed by atoms with E-state index >= 15 is 0 Å². The van der Waals surface area contributed by atoms with E-state index in [1.165, 1.54) is 30.4 Å². The van der Waals surface area contributed by atoms with E-state index in [9.17, 15) is 9.18 Å². The second-order valence-corrected chi connectivity index (χ2v) is 8.71. The highest BCUT2D eigenvalue weighted by atomic mass is 79.9. The van der Waals surface area contributed by atoms with Crippen LogP contribution in [-0.2, 0) is 4.79 Å². The predicted octanol–water partition coefficient (Wildman–Crippen LogP) is 3.42. The van der Waals surface area contributed by atoms with Crippen LogP contribution in [-0.4, -0.2) is 56.6 Å². The third kappa shape index (κ3) is 5.10. The van der Waals surface area contributed by atoms with Gasteiger partial charge in [0, 0.05) is 32.0 Å². The zero-order valence-corrected chi connectivity index (χ0v) is 18.7. The summed E-state index contributed by atoms with van der Waals surface area (Å²) in [6, 6.07) is 3.52. The maximum atomic E-state index is 13.5. The van der Waals surface area contributed by atoms with Crippen molar-refractivity contribution in [2.75, 3.05) is 23.3 Å². The molecule has 3 aromatic rings. The Kier molecular flexibility index (Phi) is 6.32. The molecule has 0 spiro atoms. The molecule has 1 saturated heterocycles. The van der Waals surface area contributed by atoms with Crippen molar-refractivity contribution in [1.82, 2.24) is 20.3 Å². The molecule has 0 radical (unpaired) electrons. The van der Waals surface area contributed by atoms with Gasteiger partial charge in [-0.05, 0) is 35.0 Å². The molecule has 0 aliphatic carbocycles. The first kappa shape index (κ1) is 21.4. The molecule has 164 valence electrons. The van der Waals surface area contributed by atoms with Crippen molar-refractivity contribution in [1.29, 1.82) is 0 Å². The van der Waals surface area contributed by atoms with E-state index in [0.717, 1.165) is 22.4 Å². The van der Waals surface area contributed by atoms with Gasteiger partial charge in [0.2, 0.25) is 11.0 Å². The molecule has 0 bridgehead atoms. The van der Waals surface area contributed by atoms with Gasteiger partial charge < -0.3 is 24.6 Å². The number of hydrogen-bond donors (Lipinski definition) is 2. The Labute approximate surface area is 188 Å². The third-order valence-corrected chi connectivity index (χ3v) is 6.28. The first-order chi connectivity index (χ1) is 14.9. The number of aromatic nitrogens is 4. The molecule has 0 unspecified atom stereocenters. The van der Waals surface area contributed by atoms with E-state index in [1.807, 2.05) is 0 Å². The number of benzene rings is 1. The van der Waals surface area contributed by atoms with Crippen molar-refractivity contribution < 1.29 is 23.6 Å². The Morgan fingerprint density at radius 3 is 2.94 bits per heavy atom. The molecule has 1 fully saturated rings. The summed E-state index contributed by atoms with van der Waals surface area (Å²) in [5, 5.41) is 24.9. The maximum Gasteiger partial charge on any atom is 0.325 e. The Morgan fingerprint density at radius 1 is 1.42 bits per heavy atom. The van der Waals surface area contributed by atoms with Gasteiger partial charge in [-0.15, -0.1) is 10.2 Å². The highest BCUT2D eigenvalue weighted by Crippen LogP contribution is 2.32. The van der Waals surface area contributed by atoms with Crippen molar-refractivity contribution in [2.24, 2.45) is 0 Å². The highest BCUT2D eigenvalue weighted by Gasteiger charge is 2.25. The molecule has 1 aliphatic heterocycles. The summed E-state index contributed by atoms with van der Waals surface area (Å²) in [5.74, 6) is -0.641. The van der Waals surface area contributed by atoms with Gasteiger partial charge >= 0.3 is 12.0 Å². The number of carboxylic acid groups (broad SMARTS) is 1. The number of nitrogens with zero attached hydrogens (tertiary/aromatic N) is 5. The minimum Gasteiger partial charge on any atom is -0.489 e. The molecule has 2 N–H and O–H groups in total. The van der Waals surface area contributed by atoms with Gasteiger partial charge in [-0.3, -0.25) is 4.79 Å². The minimum atomic E-state index is -1.03. The largest absolute Gasteiger partial charge is 0.489 e. The Hall–Kier alpha value is -2.80. The number of carbonyl (C=O) groups is 1. The van der Waals surface area contributed by atoms with Gasteiger partial charge in [0.15, 0.2) is 5.01 Å². The highest BCUT2D eigenvalue weighted by molar-refractivity contribution is 9.10. The molecule has 31 heavy (non-hydrogen) atoms. The molecule has 0 amide bonds. The molecular formula is C18H18BrFN6O4S. The summed E-state index contributed by atoms with van der Waals surface area (Å²) in [6.45, 7) is 2.89. The SMILES string of the molecule is C[C@H](Nc1nc(-c2nnc(N3CCC(Oc4cc(F)ccc4Br)CC3)s2)no1)C(=O)O. The lowest BCUT2D eigenvalue weighted by Gasteiger charge is -2.31. The topological polar surface area (TPSA) is 127 Å². The van der Waals surface area contributed by atoms with Crippen LogP contribution < -0.4 is 15.0 Å². The van der Waals surface area contributed by atoms with Crippen molar-refractivity contribution in [3.63, 3.8) is 0 Å². The summed E-state index contributed by atoms with van der Waals surface area (Å²) in [6.07, 6.45) is 1.48. The smallest absolute Gasteiger partial charge is 0.325 e. The molecule has 1 aliphatic rings. The second kappa shape index (κ2) is 9.14. The van der Waals surface area contributed by atoms with Gasteiger partial charge in [-0.1, -0.05) is 16.5 Å². The van der Waals surface area contributed by atoms with E-state index in [1.54, 1.807) is 6.07 Å². The van der Waals surface area contributed by atoms with E-state index in [0.29, 0.717) is 23.8 Å². The van der Waals surface area contributed by atoms with Crippen LogP contribution in [0.5, 0.6) is 5.75 Å². The average Bonchev–Trinajstić information content (AvgIpc) is 3.41. The third-order valence-electron chi connectivity index (χ3n) is 4.64. The second-order valence-electron chi connectivity index (χ2n) is 6.90. The molecule has 4 rings (SSSR count). The van der Waals surface area contributed by atoms with E-state index < -0.39 is 12.0 Å². The molecule has 3 heterocycles. The van der Waals surface area contributed by atoms with Crippen LogP contribution in [0.3, 0.4) is 0 Å². The van der Waals surface area contributed by atoms with Crippen LogP contribution >= 0.6 is 27.3 Å². The standard InChI is InChI=1S/C18H18BrFN6O4S/c1-9(16(27)28)21-17-22-14(25-30-17)15-23-24-18(31-15)26-6-4-11(5-7-26)29-13-8-10(20)2-3-12(13)19/h2-3,8-9,11H,4-7H2,1H3,(H,27,28)(H,21,22,25)/t9-/m0/s1. The van der Waals surface area contributed by atoms with Gasteiger partial charge in [-0.25, -0.2) is 4.39 Å². The quantitative estimate of drug-likeness (QED) is 0.485. The molecular weight excluding hydrogens is 495 g/mol. The number of hydrogen-bond acceptors (Lipinski definition) is 10. The minimum absolute atomic E-state index is 0.00289. The van der Waals surface area contributed by atoms with E-state index in [4.69, 9.17) is 14.4 Å². The van der Waals surface area contributed by atoms with Crippen molar-refractivity contribution in [2.45, 2.75) is 31.9 Å². The number of aliphatic carboxylic acids is 1. The summed E-state index contributed by atoms with van der Waals surface area (Å²) in [4.78, 5) is 17.1. The molecule has 1 atom stereocenters. The Balaban J connectivity index is 1.35. The molecule has 2 aromatic heterocycles. The van der Waals surface area contributed by atoms with Gasteiger partial charge in [0.25, 0.3) is 0 Å². The van der Waals surface area contributed by atoms with Crippen LogP contribution in [0, 0.1) is 5.82 Å². The van der Waals surface area contributed by atoms with Crippen LogP contribution in [0.25, 0.3) is 10.8 Å².